The van der Waals surface area contributed by atoms with Gasteiger partial charge in [-0.05, 0) is 25.1 Å². The first-order chi connectivity index (χ1) is 14.0. The summed E-state index contributed by atoms with van der Waals surface area (Å²) >= 11 is 5.56. The van der Waals surface area contributed by atoms with E-state index in [1.165, 1.54) is 4.90 Å². The molecule has 1 atom stereocenters. The van der Waals surface area contributed by atoms with Crippen molar-refractivity contribution in [3.63, 3.8) is 0 Å². The smallest absolute Gasteiger partial charge is 0.344 e. The van der Waals surface area contributed by atoms with E-state index in [1.54, 1.807) is 27.7 Å². The summed E-state index contributed by atoms with van der Waals surface area (Å²) in [7, 11) is -4.20. The Labute approximate surface area is 184 Å². The number of halogens is 4. The number of nitrogens with zero attached hydrogens (tertiary/aromatic N) is 2. The van der Waals surface area contributed by atoms with Crippen LogP contribution in [-0.2, 0) is 25.8 Å². The summed E-state index contributed by atoms with van der Waals surface area (Å²) in [5.74, 6) is -0.654. The van der Waals surface area contributed by atoms with Crippen molar-refractivity contribution < 1.29 is 31.2 Å². The molecule has 174 valence electrons. The lowest BCUT2D eigenvalue weighted by Gasteiger charge is -2.35. The Morgan fingerprint density at radius 1 is 1.10 bits per heavy atom. The van der Waals surface area contributed by atoms with Crippen LogP contribution in [0.15, 0.2) is 23.1 Å². The van der Waals surface area contributed by atoms with Gasteiger partial charge in [0.2, 0.25) is 21.8 Å². The molecule has 1 saturated heterocycles. The highest BCUT2D eigenvalue weighted by Crippen LogP contribution is 2.36. The van der Waals surface area contributed by atoms with Crippen molar-refractivity contribution in [1.82, 2.24) is 14.5 Å². The maximum Gasteiger partial charge on any atom is 0.417 e. The molecule has 1 unspecified atom stereocenters. The van der Waals surface area contributed by atoms with Crippen molar-refractivity contribution in [2.24, 2.45) is 5.41 Å². The van der Waals surface area contributed by atoms with Crippen LogP contribution in [0, 0.1) is 5.41 Å². The predicted octanol–water partition coefficient (Wildman–Crippen LogP) is 2.74. The normalized spacial score (nSPS) is 17.4. The minimum Gasteiger partial charge on any atom is -0.344 e. The predicted molar refractivity (Wildman–Crippen MR) is 109 cm³/mol. The molecule has 2 amide bonds. The molecule has 1 fully saturated rings. The van der Waals surface area contributed by atoms with Crippen molar-refractivity contribution in [3.05, 3.63) is 28.8 Å². The first kappa shape index (κ1) is 25.4. The number of carbonyl (C=O) groups excluding carboxylic acids is 2. The van der Waals surface area contributed by atoms with Gasteiger partial charge in [-0.15, -0.1) is 0 Å². The third-order valence-electron chi connectivity index (χ3n) is 4.83. The molecule has 1 heterocycles. The van der Waals surface area contributed by atoms with E-state index in [0.717, 1.165) is 16.4 Å². The number of alkyl halides is 3. The van der Waals surface area contributed by atoms with E-state index >= 15 is 0 Å². The summed E-state index contributed by atoms with van der Waals surface area (Å²) in [4.78, 5) is 25.5. The molecule has 7 nitrogen and oxygen atoms in total. The summed E-state index contributed by atoms with van der Waals surface area (Å²) in [5.41, 5.74) is -1.90. The number of carbonyl (C=O) groups is 2. The van der Waals surface area contributed by atoms with E-state index in [4.69, 9.17) is 11.6 Å². The van der Waals surface area contributed by atoms with Crippen molar-refractivity contribution in [2.75, 3.05) is 26.2 Å². The number of hydrogen-bond donors (Lipinski definition) is 1. The van der Waals surface area contributed by atoms with E-state index < -0.39 is 43.1 Å². The van der Waals surface area contributed by atoms with Crippen molar-refractivity contribution >= 4 is 33.4 Å². The maximum absolute atomic E-state index is 13.1. The quantitative estimate of drug-likeness (QED) is 0.713. The lowest BCUT2D eigenvalue weighted by molar-refractivity contribution is -0.139. The fraction of sp³-hybridized carbons (Fsp3) is 0.579. The first-order valence-corrected chi connectivity index (χ1v) is 11.3. The van der Waals surface area contributed by atoms with Gasteiger partial charge in [-0.2, -0.15) is 17.5 Å². The number of rotatable bonds is 4. The lowest BCUT2D eigenvalue weighted by Crippen LogP contribution is -2.55. The van der Waals surface area contributed by atoms with Crippen LogP contribution in [0.3, 0.4) is 0 Å². The topological polar surface area (TPSA) is 86.8 Å². The van der Waals surface area contributed by atoms with Crippen LogP contribution in [-0.4, -0.2) is 61.7 Å². The monoisotopic (exact) mass is 483 g/mol. The number of hydrogen-bond acceptors (Lipinski definition) is 4. The lowest BCUT2D eigenvalue weighted by atomic mass is 9.95. The van der Waals surface area contributed by atoms with Crippen LogP contribution in [0.1, 0.15) is 33.3 Å². The average molecular weight is 484 g/mol. The second-order valence-corrected chi connectivity index (χ2v) is 10.7. The summed E-state index contributed by atoms with van der Waals surface area (Å²) < 4.78 is 65.8. The van der Waals surface area contributed by atoms with Gasteiger partial charge in [-0.1, -0.05) is 32.4 Å². The van der Waals surface area contributed by atoms with Crippen molar-refractivity contribution in [1.29, 1.82) is 0 Å². The molecule has 0 spiro atoms. The molecule has 0 saturated carbocycles. The van der Waals surface area contributed by atoms with Crippen molar-refractivity contribution in [3.8, 4) is 0 Å². The van der Waals surface area contributed by atoms with E-state index in [0.29, 0.717) is 6.07 Å². The third kappa shape index (κ3) is 5.89. The van der Waals surface area contributed by atoms with E-state index in [9.17, 15) is 31.2 Å². The number of amides is 2. The third-order valence-corrected chi connectivity index (χ3v) is 7.05. The molecule has 0 aliphatic carbocycles. The minimum atomic E-state index is -4.79. The standard InChI is InChI=1S/C19H25ClF3N3O4S/c1-12(24-17(28)18(2,3)4)16(27)25-7-9-26(10-8-25)31(29,30)13-5-6-15(20)14(11-13)19(21,22)23/h5-6,11-12H,7-10H2,1-4H3,(H,24,28). The minimum absolute atomic E-state index is 0.0491. The molecule has 0 bridgehead atoms. The van der Waals surface area contributed by atoms with Crippen LogP contribution in [0.2, 0.25) is 5.02 Å². The van der Waals surface area contributed by atoms with Gasteiger partial charge in [0.1, 0.15) is 6.04 Å². The van der Waals surface area contributed by atoms with Crippen LogP contribution in [0.25, 0.3) is 0 Å². The molecule has 1 aromatic carbocycles. The second-order valence-electron chi connectivity index (χ2n) is 8.31. The highest BCUT2D eigenvalue weighted by atomic mass is 35.5. The number of piperazine rings is 1. The molecular weight excluding hydrogens is 459 g/mol. The Morgan fingerprint density at radius 2 is 1.65 bits per heavy atom. The van der Waals surface area contributed by atoms with E-state index in [1.807, 2.05) is 0 Å². The Morgan fingerprint density at radius 3 is 2.13 bits per heavy atom. The molecule has 0 aromatic heterocycles. The van der Waals surface area contributed by atoms with Gasteiger partial charge in [0.15, 0.2) is 0 Å². The van der Waals surface area contributed by atoms with Gasteiger partial charge in [-0.25, -0.2) is 8.42 Å². The van der Waals surface area contributed by atoms with E-state index in [-0.39, 0.29) is 38.0 Å². The summed E-state index contributed by atoms with van der Waals surface area (Å²) in [5, 5.41) is 2.04. The summed E-state index contributed by atoms with van der Waals surface area (Å²) in [6, 6.07) is 1.64. The molecule has 1 aliphatic heterocycles. The number of sulfonamides is 1. The molecule has 2 rings (SSSR count). The van der Waals surface area contributed by atoms with Gasteiger partial charge >= 0.3 is 6.18 Å². The first-order valence-electron chi connectivity index (χ1n) is 9.52. The van der Waals surface area contributed by atoms with Gasteiger partial charge in [-0.3, -0.25) is 9.59 Å². The molecule has 12 heteroatoms. The zero-order valence-corrected chi connectivity index (χ0v) is 19.2. The molecule has 1 aliphatic rings. The highest BCUT2D eigenvalue weighted by molar-refractivity contribution is 7.89. The van der Waals surface area contributed by atoms with Crippen molar-refractivity contribution in [2.45, 2.75) is 44.8 Å². The summed E-state index contributed by atoms with van der Waals surface area (Å²) in [6.07, 6.45) is -4.79. The van der Waals surface area contributed by atoms with Gasteiger partial charge in [0, 0.05) is 31.6 Å². The van der Waals surface area contributed by atoms with Crippen LogP contribution >= 0.6 is 11.6 Å². The maximum atomic E-state index is 13.1. The average Bonchev–Trinajstić information content (AvgIpc) is 2.65. The van der Waals surface area contributed by atoms with Crippen LogP contribution < -0.4 is 5.32 Å². The van der Waals surface area contributed by atoms with E-state index in [2.05, 4.69) is 5.32 Å². The Balaban J connectivity index is 2.08. The van der Waals surface area contributed by atoms with Crippen LogP contribution in [0.5, 0.6) is 0 Å². The zero-order valence-electron chi connectivity index (χ0n) is 17.6. The Bertz CT molecular complexity index is 953. The van der Waals surface area contributed by atoms with Gasteiger partial charge < -0.3 is 10.2 Å². The highest BCUT2D eigenvalue weighted by Gasteiger charge is 2.37. The zero-order chi connectivity index (χ0) is 23.8. The van der Waals surface area contributed by atoms with Gasteiger partial charge in [0.05, 0.1) is 15.5 Å². The second kappa shape index (κ2) is 8.95. The summed E-state index contributed by atoms with van der Waals surface area (Å²) in [6.45, 7) is 6.61. The molecule has 1 aromatic rings. The van der Waals surface area contributed by atoms with Crippen LogP contribution in [0.4, 0.5) is 13.2 Å². The largest absolute Gasteiger partial charge is 0.417 e. The van der Waals surface area contributed by atoms with Gasteiger partial charge in [0.25, 0.3) is 0 Å². The fourth-order valence-electron chi connectivity index (χ4n) is 2.93. The Kier molecular flexibility index (Phi) is 7.34. The molecule has 0 radical (unpaired) electrons. The molecule has 1 N–H and O–H groups in total. The SMILES string of the molecule is CC(NC(=O)C(C)(C)C)C(=O)N1CCN(S(=O)(=O)c2ccc(Cl)c(C(F)(F)F)c2)CC1. The molecular formula is C19H25ClF3N3O4S. The fourth-order valence-corrected chi connectivity index (χ4v) is 4.60. The number of nitrogens with one attached hydrogen (secondary N) is 1. The Hall–Kier alpha value is -1.85. The molecule has 31 heavy (non-hydrogen) atoms. The number of benzene rings is 1.